The van der Waals surface area contributed by atoms with Crippen LogP contribution in [-0.4, -0.2) is 11.9 Å². The molecule has 0 aliphatic rings. The Labute approximate surface area is 106 Å². The van der Waals surface area contributed by atoms with E-state index in [-0.39, 0.29) is 25.4 Å². The van der Waals surface area contributed by atoms with Gasteiger partial charge in [0, 0.05) is 21.7 Å². The molecule has 0 aliphatic carbocycles. The van der Waals surface area contributed by atoms with Gasteiger partial charge in [0.25, 0.3) is 5.91 Å². The number of hydrogen-bond acceptors (Lipinski definition) is 1. The smallest absolute Gasteiger partial charge is 0.251 e. The van der Waals surface area contributed by atoms with Gasteiger partial charge in [0.15, 0.2) is 0 Å². The number of rotatable bonds is 2. The molecule has 1 amide bonds. The Bertz CT molecular complexity index is 335. The lowest BCUT2D eigenvalue weighted by Crippen LogP contribution is -2.30. The summed E-state index contributed by atoms with van der Waals surface area (Å²) in [6.45, 7) is 3.79. The van der Waals surface area contributed by atoms with Crippen LogP contribution in [0.1, 0.15) is 24.2 Å². The minimum absolute atomic E-state index is 0. The molecule has 0 aromatic heterocycles. The van der Waals surface area contributed by atoms with Crippen LogP contribution in [-0.2, 0) is 0 Å². The third-order valence-corrected chi connectivity index (χ3v) is 1.98. The van der Waals surface area contributed by atoms with Crippen molar-refractivity contribution in [3.63, 3.8) is 0 Å². The molecule has 0 saturated heterocycles. The van der Waals surface area contributed by atoms with Crippen LogP contribution in [0.4, 0.5) is 0 Å². The third kappa shape index (κ3) is 4.78. The van der Waals surface area contributed by atoms with Gasteiger partial charge in [-0.15, -0.1) is 0 Å². The second-order valence-corrected chi connectivity index (χ2v) is 4.16. The van der Waals surface area contributed by atoms with Gasteiger partial charge < -0.3 is 5.32 Å². The number of amides is 1. The Morgan fingerprint density at radius 2 is 1.67 bits per heavy atom. The first kappa shape index (κ1) is 14.6. The zero-order chi connectivity index (χ0) is 10.7. The first-order valence-corrected chi connectivity index (χ1v) is 5.01. The minimum Gasteiger partial charge on any atom is -0.350 e. The molecule has 0 fully saturated rings. The topological polar surface area (TPSA) is 29.1 Å². The summed E-state index contributed by atoms with van der Waals surface area (Å²) in [5, 5.41) is 3.69. The van der Waals surface area contributed by atoms with Gasteiger partial charge in [-0.25, -0.2) is 0 Å². The van der Waals surface area contributed by atoms with Gasteiger partial charge >= 0.3 is 0 Å². The van der Waals surface area contributed by atoms with E-state index in [0.29, 0.717) is 15.6 Å². The first-order valence-electron chi connectivity index (χ1n) is 4.26. The lowest BCUT2D eigenvalue weighted by Gasteiger charge is -2.08. The maximum absolute atomic E-state index is 11.5. The number of halogens is 2. The van der Waals surface area contributed by atoms with Crippen molar-refractivity contribution < 1.29 is 4.79 Å². The highest BCUT2D eigenvalue weighted by atomic mass is 35.5. The molecule has 1 aromatic rings. The summed E-state index contributed by atoms with van der Waals surface area (Å²) >= 11 is 11.5. The van der Waals surface area contributed by atoms with Crippen molar-refractivity contribution in [1.29, 1.82) is 0 Å². The summed E-state index contributed by atoms with van der Waals surface area (Å²) in [6.07, 6.45) is 0. The molecule has 84 valence electrons. The fraction of sp³-hybridized carbons (Fsp3) is 0.300. The summed E-state index contributed by atoms with van der Waals surface area (Å²) < 4.78 is 0. The van der Waals surface area contributed by atoms with E-state index < -0.39 is 0 Å². The molecule has 1 rings (SSSR count). The van der Waals surface area contributed by atoms with Crippen molar-refractivity contribution in [3.8, 4) is 0 Å². The quantitative estimate of drug-likeness (QED) is 0.874. The van der Waals surface area contributed by atoms with Crippen LogP contribution < -0.4 is 5.32 Å². The second kappa shape index (κ2) is 6.26. The predicted octanol–water partition coefficient (Wildman–Crippen LogP) is 3.24. The van der Waals surface area contributed by atoms with Crippen LogP contribution >= 0.6 is 36.7 Å². The number of nitrogens with one attached hydrogen (secondary N) is 1. The molecule has 0 unspecified atom stereocenters. The second-order valence-electron chi connectivity index (χ2n) is 3.29. The van der Waals surface area contributed by atoms with Crippen molar-refractivity contribution >= 4 is 42.6 Å². The van der Waals surface area contributed by atoms with Gasteiger partial charge in [-0.2, -0.15) is 13.5 Å². The molecular formula is C10H13Cl2NOS. The van der Waals surface area contributed by atoms with E-state index in [1.54, 1.807) is 18.2 Å². The molecule has 0 spiro atoms. The molecule has 0 saturated carbocycles. The van der Waals surface area contributed by atoms with Crippen molar-refractivity contribution in [2.24, 2.45) is 0 Å². The van der Waals surface area contributed by atoms with Gasteiger partial charge in [0.05, 0.1) is 0 Å². The average molecular weight is 266 g/mol. The van der Waals surface area contributed by atoms with Gasteiger partial charge in [0.1, 0.15) is 0 Å². The lowest BCUT2D eigenvalue weighted by atomic mass is 10.2. The number of carbonyl (C=O) groups excluding carboxylic acids is 1. The zero-order valence-electron chi connectivity index (χ0n) is 8.47. The molecule has 5 heteroatoms. The fourth-order valence-corrected chi connectivity index (χ4v) is 1.56. The third-order valence-electron chi connectivity index (χ3n) is 1.54. The molecule has 2 nitrogen and oxygen atoms in total. The van der Waals surface area contributed by atoms with Crippen LogP contribution in [0.25, 0.3) is 0 Å². The van der Waals surface area contributed by atoms with Crippen molar-refractivity contribution in [2.75, 3.05) is 0 Å². The van der Waals surface area contributed by atoms with Gasteiger partial charge in [-0.1, -0.05) is 23.2 Å². The van der Waals surface area contributed by atoms with E-state index in [9.17, 15) is 4.79 Å². The van der Waals surface area contributed by atoms with E-state index in [4.69, 9.17) is 23.2 Å². The average Bonchev–Trinajstić information content (AvgIpc) is 2.00. The Hall–Kier alpha value is -0.380. The number of carbonyl (C=O) groups is 1. The first-order chi connectivity index (χ1) is 6.49. The molecule has 0 radical (unpaired) electrons. The Kier molecular flexibility index (Phi) is 6.10. The highest BCUT2D eigenvalue weighted by Crippen LogP contribution is 2.18. The van der Waals surface area contributed by atoms with E-state index in [1.807, 2.05) is 13.8 Å². The van der Waals surface area contributed by atoms with Crippen LogP contribution in [0.5, 0.6) is 0 Å². The minimum atomic E-state index is -0.163. The monoisotopic (exact) mass is 265 g/mol. The van der Waals surface area contributed by atoms with Crippen molar-refractivity contribution in [3.05, 3.63) is 33.8 Å². The summed E-state index contributed by atoms with van der Waals surface area (Å²) in [7, 11) is 0. The van der Waals surface area contributed by atoms with Crippen LogP contribution in [0.15, 0.2) is 18.2 Å². The SMILES string of the molecule is CC(C)NC(=O)c1cc(Cl)cc(Cl)c1.S. The zero-order valence-corrected chi connectivity index (χ0v) is 11.0. The van der Waals surface area contributed by atoms with Crippen LogP contribution in [0, 0.1) is 0 Å². The molecule has 0 heterocycles. The summed E-state index contributed by atoms with van der Waals surface area (Å²) in [5.41, 5.74) is 0.483. The molecule has 1 N–H and O–H groups in total. The maximum Gasteiger partial charge on any atom is 0.251 e. The number of benzene rings is 1. The molecule has 0 atom stereocenters. The predicted molar refractivity (Wildman–Crippen MR) is 69.4 cm³/mol. The molecule has 0 bridgehead atoms. The van der Waals surface area contributed by atoms with Crippen molar-refractivity contribution in [2.45, 2.75) is 19.9 Å². The standard InChI is InChI=1S/C10H11Cl2NO.H2S/c1-6(2)13-10(14)7-3-8(11)5-9(12)4-7;/h3-6H,1-2H3,(H,13,14);1H2. The summed E-state index contributed by atoms with van der Waals surface area (Å²) in [4.78, 5) is 11.5. The summed E-state index contributed by atoms with van der Waals surface area (Å²) in [5.74, 6) is -0.163. The molecule has 1 aromatic carbocycles. The Morgan fingerprint density at radius 1 is 1.20 bits per heavy atom. The number of hydrogen-bond donors (Lipinski definition) is 1. The highest BCUT2D eigenvalue weighted by Gasteiger charge is 2.08. The fourth-order valence-electron chi connectivity index (χ4n) is 1.03. The Morgan fingerprint density at radius 3 is 2.07 bits per heavy atom. The van der Waals surface area contributed by atoms with E-state index in [2.05, 4.69) is 5.32 Å². The van der Waals surface area contributed by atoms with Crippen LogP contribution in [0.2, 0.25) is 10.0 Å². The lowest BCUT2D eigenvalue weighted by molar-refractivity contribution is 0.0943. The van der Waals surface area contributed by atoms with Crippen molar-refractivity contribution in [1.82, 2.24) is 5.32 Å². The van der Waals surface area contributed by atoms with Gasteiger partial charge in [-0.3, -0.25) is 4.79 Å². The Balaban J connectivity index is 0.00000196. The van der Waals surface area contributed by atoms with Crippen LogP contribution in [0.3, 0.4) is 0 Å². The summed E-state index contributed by atoms with van der Waals surface area (Å²) in [6, 6.07) is 4.87. The largest absolute Gasteiger partial charge is 0.350 e. The maximum atomic E-state index is 11.5. The van der Waals surface area contributed by atoms with Gasteiger partial charge in [-0.05, 0) is 32.0 Å². The highest BCUT2D eigenvalue weighted by molar-refractivity contribution is 7.59. The van der Waals surface area contributed by atoms with E-state index in [1.165, 1.54) is 0 Å². The van der Waals surface area contributed by atoms with E-state index >= 15 is 0 Å². The molecular weight excluding hydrogens is 253 g/mol. The van der Waals surface area contributed by atoms with Gasteiger partial charge in [0.2, 0.25) is 0 Å². The molecule has 0 aliphatic heterocycles. The van der Waals surface area contributed by atoms with E-state index in [0.717, 1.165) is 0 Å². The normalized spacial score (nSPS) is 9.67. The molecule has 15 heavy (non-hydrogen) atoms.